The fourth-order valence-corrected chi connectivity index (χ4v) is 5.66. The van der Waals surface area contributed by atoms with Crippen LogP contribution in [0.5, 0.6) is 5.75 Å². The van der Waals surface area contributed by atoms with E-state index in [-0.39, 0.29) is 35.5 Å². The molecular weight excluding hydrogens is 362 g/mol. The third-order valence-electron chi connectivity index (χ3n) is 6.78. The second-order valence-electron chi connectivity index (χ2n) is 7.97. The number of anilines is 1. The lowest BCUT2D eigenvalue weighted by Gasteiger charge is -2.45. The van der Waals surface area contributed by atoms with Crippen LogP contribution in [-0.4, -0.2) is 18.9 Å². The van der Waals surface area contributed by atoms with Gasteiger partial charge in [-0.1, -0.05) is 48.5 Å². The minimum Gasteiger partial charge on any atom is -0.497 e. The summed E-state index contributed by atoms with van der Waals surface area (Å²) in [5, 5.41) is 0. The maximum Gasteiger partial charge on any atom is 0.238 e. The highest BCUT2D eigenvalue weighted by Crippen LogP contribution is 2.61. The van der Waals surface area contributed by atoms with Gasteiger partial charge in [0.05, 0.1) is 24.6 Å². The Bertz CT molecular complexity index is 1050. The average Bonchev–Trinajstić information content (AvgIpc) is 3.04. The summed E-state index contributed by atoms with van der Waals surface area (Å²) in [5.41, 5.74) is 5.37. The molecule has 1 heterocycles. The Morgan fingerprint density at radius 1 is 0.655 bits per heavy atom. The van der Waals surface area contributed by atoms with Gasteiger partial charge in [-0.15, -0.1) is 0 Å². The molecule has 29 heavy (non-hydrogen) atoms. The van der Waals surface area contributed by atoms with Crippen LogP contribution in [0.1, 0.15) is 34.1 Å². The van der Waals surface area contributed by atoms with E-state index < -0.39 is 0 Å². The molecule has 4 heteroatoms. The molecule has 2 atom stereocenters. The van der Waals surface area contributed by atoms with Crippen LogP contribution in [0.3, 0.4) is 0 Å². The lowest BCUT2D eigenvalue weighted by molar-refractivity contribution is -0.122. The number of carbonyl (C=O) groups is 2. The number of rotatable bonds is 2. The van der Waals surface area contributed by atoms with E-state index >= 15 is 0 Å². The zero-order chi connectivity index (χ0) is 19.7. The number of nitrogens with zero attached hydrogens (tertiary/aromatic N) is 1. The van der Waals surface area contributed by atoms with Gasteiger partial charge in [-0.2, -0.15) is 0 Å². The van der Waals surface area contributed by atoms with E-state index in [2.05, 4.69) is 24.3 Å². The number of hydrogen-bond donors (Lipinski definition) is 0. The monoisotopic (exact) mass is 381 g/mol. The molecule has 7 rings (SSSR count). The van der Waals surface area contributed by atoms with Crippen LogP contribution < -0.4 is 9.64 Å². The van der Waals surface area contributed by atoms with E-state index in [0.29, 0.717) is 11.4 Å². The standard InChI is InChI=1S/C25H19NO3/c1-29-15-12-10-14(11-13-15)26-24(27)22-20-16-6-2-3-7-17(16)21(23(22)25(26)28)19-9-5-4-8-18(19)20/h2-13,20-23H,1H3. The number of benzene rings is 3. The summed E-state index contributed by atoms with van der Waals surface area (Å²) >= 11 is 0. The van der Waals surface area contributed by atoms with Gasteiger partial charge in [-0.05, 0) is 46.5 Å². The summed E-state index contributed by atoms with van der Waals surface area (Å²) in [5.74, 6) is -0.327. The number of imide groups is 1. The van der Waals surface area contributed by atoms with Crippen molar-refractivity contribution in [3.05, 3.63) is 95.1 Å². The van der Waals surface area contributed by atoms with Crippen LogP contribution in [0.2, 0.25) is 0 Å². The first-order valence-corrected chi connectivity index (χ1v) is 9.90. The summed E-state index contributed by atoms with van der Waals surface area (Å²) in [6, 6.07) is 23.7. The van der Waals surface area contributed by atoms with Gasteiger partial charge >= 0.3 is 0 Å². The third-order valence-corrected chi connectivity index (χ3v) is 6.78. The Morgan fingerprint density at radius 2 is 1.07 bits per heavy atom. The van der Waals surface area contributed by atoms with Crippen LogP contribution in [0.4, 0.5) is 5.69 Å². The minimum atomic E-state index is -0.348. The molecule has 2 bridgehead atoms. The van der Waals surface area contributed by atoms with E-state index in [4.69, 9.17) is 4.74 Å². The second kappa shape index (κ2) is 5.80. The number of carbonyl (C=O) groups excluding carboxylic acids is 2. The molecule has 0 saturated carbocycles. The van der Waals surface area contributed by atoms with Crippen LogP contribution in [0.25, 0.3) is 0 Å². The number of hydrogen-bond acceptors (Lipinski definition) is 3. The van der Waals surface area contributed by atoms with Crippen molar-refractivity contribution in [1.82, 2.24) is 0 Å². The molecule has 4 nitrogen and oxygen atoms in total. The van der Waals surface area contributed by atoms with Crippen molar-refractivity contribution in [3.63, 3.8) is 0 Å². The van der Waals surface area contributed by atoms with Crippen LogP contribution in [0.15, 0.2) is 72.8 Å². The van der Waals surface area contributed by atoms with Crippen molar-refractivity contribution in [2.75, 3.05) is 12.0 Å². The van der Waals surface area contributed by atoms with Gasteiger partial charge in [-0.25, -0.2) is 4.90 Å². The molecule has 0 radical (unpaired) electrons. The summed E-state index contributed by atoms with van der Waals surface area (Å²) in [6.45, 7) is 0. The van der Waals surface area contributed by atoms with Gasteiger partial charge in [-0.3, -0.25) is 9.59 Å². The predicted octanol–water partition coefficient (Wildman–Crippen LogP) is 4.09. The summed E-state index contributed by atoms with van der Waals surface area (Å²) in [4.78, 5) is 28.6. The zero-order valence-corrected chi connectivity index (χ0v) is 15.9. The molecule has 0 N–H and O–H groups in total. The fraction of sp³-hybridized carbons (Fsp3) is 0.200. The van der Waals surface area contributed by atoms with Gasteiger partial charge in [0.1, 0.15) is 5.75 Å². The van der Waals surface area contributed by atoms with E-state index in [1.165, 1.54) is 27.2 Å². The molecular formula is C25H19NO3. The Morgan fingerprint density at radius 3 is 1.45 bits per heavy atom. The van der Waals surface area contributed by atoms with Gasteiger partial charge < -0.3 is 4.74 Å². The second-order valence-corrected chi connectivity index (χ2v) is 7.97. The minimum absolute atomic E-state index is 0.0721. The highest BCUT2D eigenvalue weighted by Gasteiger charge is 2.61. The Labute approximate surface area is 168 Å². The number of methoxy groups -OCH3 is 1. The SMILES string of the molecule is COc1ccc(N2C(=O)C3C4c5ccccc5C(c5ccccc54)C3C2=O)cc1. The van der Waals surface area contributed by atoms with Crippen LogP contribution in [-0.2, 0) is 9.59 Å². The van der Waals surface area contributed by atoms with Crippen molar-refractivity contribution in [1.29, 1.82) is 0 Å². The normalized spacial score (nSPS) is 26.2. The molecule has 142 valence electrons. The smallest absolute Gasteiger partial charge is 0.238 e. The van der Waals surface area contributed by atoms with Gasteiger partial charge in [0, 0.05) is 11.8 Å². The average molecular weight is 381 g/mol. The van der Waals surface area contributed by atoms with Gasteiger partial charge in [0.2, 0.25) is 11.8 Å². The molecule has 0 spiro atoms. The highest BCUT2D eigenvalue weighted by molar-refractivity contribution is 6.23. The van der Waals surface area contributed by atoms with Gasteiger partial charge in [0.15, 0.2) is 0 Å². The molecule has 2 amide bonds. The molecule has 1 fully saturated rings. The van der Waals surface area contributed by atoms with Gasteiger partial charge in [0.25, 0.3) is 0 Å². The largest absolute Gasteiger partial charge is 0.497 e. The molecule has 1 saturated heterocycles. The first-order valence-electron chi connectivity index (χ1n) is 9.90. The van der Waals surface area contributed by atoms with Crippen molar-refractivity contribution in [3.8, 4) is 5.75 Å². The molecule has 3 aromatic rings. The maximum absolute atomic E-state index is 13.6. The highest BCUT2D eigenvalue weighted by atomic mass is 16.5. The van der Waals surface area contributed by atoms with Crippen molar-refractivity contribution in [2.45, 2.75) is 11.8 Å². The van der Waals surface area contributed by atoms with E-state index in [9.17, 15) is 9.59 Å². The molecule has 3 aromatic carbocycles. The van der Waals surface area contributed by atoms with Crippen molar-refractivity contribution < 1.29 is 14.3 Å². The molecule has 3 aliphatic carbocycles. The Balaban J connectivity index is 1.53. The Hall–Kier alpha value is -3.40. The molecule has 0 aromatic heterocycles. The lowest BCUT2D eigenvalue weighted by Crippen LogP contribution is -2.41. The molecule has 1 aliphatic heterocycles. The third kappa shape index (κ3) is 2.03. The van der Waals surface area contributed by atoms with E-state index in [1.54, 1.807) is 31.4 Å². The lowest BCUT2D eigenvalue weighted by atomic mass is 9.55. The summed E-state index contributed by atoms with van der Waals surface area (Å²) in [7, 11) is 1.60. The maximum atomic E-state index is 13.6. The Kier molecular flexibility index (Phi) is 3.31. The van der Waals surface area contributed by atoms with Crippen molar-refractivity contribution in [2.24, 2.45) is 11.8 Å². The quantitative estimate of drug-likeness (QED) is 0.628. The van der Waals surface area contributed by atoms with E-state index in [1.807, 2.05) is 24.3 Å². The number of ether oxygens (including phenoxy) is 1. The molecule has 4 aliphatic rings. The first kappa shape index (κ1) is 16.5. The topological polar surface area (TPSA) is 46.6 Å². The van der Waals surface area contributed by atoms with Crippen LogP contribution >= 0.6 is 0 Å². The predicted molar refractivity (Wildman–Crippen MR) is 109 cm³/mol. The first-order chi connectivity index (χ1) is 14.2. The van der Waals surface area contributed by atoms with E-state index in [0.717, 1.165) is 0 Å². The van der Waals surface area contributed by atoms with Crippen molar-refractivity contribution >= 4 is 17.5 Å². The fourth-order valence-electron chi connectivity index (χ4n) is 5.66. The summed E-state index contributed by atoms with van der Waals surface area (Å²) in [6.07, 6.45) is 0. The zero-order valence-electron chi connectivity index (χ0n) is 15.9. The van der Waals surface area contributed by atoms with Crippen LogP contribution in [0, 0.1) is 11.8 Å². The molecule has 2 unspecified atom stereocenters. The number of amides is 2. The summed E-state index contributed by atoms with van der Waals surface area (Å²) < 4.78 is 5.22.